The lowest BCUT2D eigenvalue weighted by atomic mass is 10.1. The van der Waals surface area contributed by atoms with E-state index < -0.39 is 0 Å². The zero-order chi connectivity index (χ0) is 13.3. The van der Waals surface area contributed by atoms with E-state index in [1.807, 2.05) is 15.8 Å². The second-order valence-electron chi connectivity index (χ2n) is 5.90. The Balaban J connectivity index is 2.16. The normalized spacial score (nSPS) is 21.1. The van der Waals surface area contributed by atoms with Gasteiger partial charge in [0.15, 0.2) is 0 Å². The molecule has 1 amide bonds. The van der Waals surface area contributed by atoms with Gasteiger partial charge in [0, 0.05) is 31.9 Å². The number of nitrogens with zero attached hydrogens (tertiary/aromatic N) is 3. The van der Waals surface area contributed by atoms with Crippen molar-refractivity contribution in [1.82, 2.24) is 20.0 Å². The number of piperazine rings is 1. The van der Waals surface area contributed by atoms with Gasteiger partial charge in [0.05, 0.1) is 17.3 Å². The molecule has 1 atom stereocenters. The van der Waals surface area contributed by atoms with Crippen molar-refractivity contribution in [2.24, 2.45) is 0 Å². The van der Waals surface area contributed by atoms with E-state index in [4.69, 9.17) is 0 Å². The zero-order valence-corrected chi connectivity index (χ0v) is 11.6. The van der Waals surface area contributed by atoms with Crippen LogP contribution in [0.15, 0.2) is 12.4 Å². The molecule has 18 heavy (non-hydrogen) atoms. The highest BCUT2D eigenvalue weighted by molar-refractivity contribution is 5.94. The van der Waals surface area contributed by atoms with Gasteiger partial charge in [0.1, 0.15) is 0 Å². The maximum atomic E-state index is 12.4. The Morgan fingerprint density at radius 1 is 1.50 bits per heavy atom. The van der Waals surface area contributed by atoms with Crippen molar-refractivity contribution in [3.8, 4) is 0 Å². The Morgan fingerprint density at radius 3 is 2.78 bits per heavy atom. The van der Waals surface area contributed by atoms with E-state index in [-0.39, 0.29) is 17.5 Å². The third kappa shape index (κ3) is 2.56. The average Bonchev–Trinajstić information content (AvgIpc) is 2.77. The molecule has 0 saturated carbocycles. The summed E-state index contributed by atoms with van der Waals surface area (Å²) in [5.74, 6) is 0.0829. The predicted octanol–water partition coefficient (Wildman–Crippen LogP) is 1.07. The minimum atomic E-state index is -0.0897. The van der Waals surface area contributed by atoms with Gasteiger partial charge in [-0.25, -0.2) is 0 Å². The molecule has 1 fully saturated rings. The van der Waals surface area contributed by atoms with Crippen LogP contribution in [-0.4, -0.2) is 46.3 Å². The molecule has 1 N–H and O–H groups in total. The van der Waals surface area contributed by atoms with Gasteiger partial charge in [0.2, 0.25) is 0 Å². The Hall–Kier alpha value is -1.36. The fraction of sp³-hybridized carbons (Fsp3) is 0.692. The van der Waals surface area contributed by atoms with Crippen LogP contribution >= 0.6 is 0 Å². The summed E-state index contributed by atoms with van der Waals surface area (Å²) in [7, 11) is 0. The van der Waals surface area contributed by atoms with E-state index in [0.717, 1.165) is 19.6 Å². The van der Waals surface area contributed by atoms with Gasteiger partial charge in [-0.3, -0.25) is 9.48 Å². The fourth-order valence-electron chi connectivity index (χ4n) is 2.11. The quantitative estimate of drug-likeness (QED) is 0.811. The number of nitrogens with one attached hydrogen (secondary N) is 1. The van der Waals surface area contributed by atoms with Crippen LogP contribution in [0.2, 0.25) is 0 Å². The first-order valence-electron chi connectivity index (χ1n) is 6.46. The summed E-state index contributed by atoms with van der Waals surface area (Å²) in [6, 6.07) is 0.240. The fourth-order valence-corrected chi connectivity index (χ4v) is 2.11. The zero-order valence-electron chi connectivity index (χ0n) is 11.6. The SMILES string of the molecule is C[C@@H]1CNCCN1C(=O)c1cnn(C(C)(C)C)c1. The van der Waals surface area contributed by atoms with Crippen LogP contribution in [0.5, 0.6) is 0 Å². The summed E-state index contributed by atoms with van der Waals surface area (Å²) < 4.78 is 1.84. The van der Waals surface area contributed by atoms with Crippen LogP contribution in [0.3, 0.4) is 0 Å². The van der Waals surface area contributed by atoms with E-state index in [0.29, 0.717) is 5.56 Å². The average molecular weight is 250 g/mol. The molecule has 5 heteroatoms. The van der Waals surface area contributed by atoms with Crippen LogP contribution in [0.1, 0.15) is 38.1 Å². The van der Waals surface area contributed by atoms with Crippen molar-refractivity contribution in [3.05, 3.63) is 18.0 Å². The lowest BCUT2D eigenvalue weighted by molar-refractivity contribution is 0.0655. The van der Waals surface area contributed by atoms with Gasteiger partial charge < -0.3 is 10.2 Å². The minimum Gasteiger partial charge on any atom is -0.333 e. The molecule has 2 heterocycles. The monoisotopic (exact) mass is 250 g/mol. The molecular formula is C13H22N4O. The molecule has 0 radical (unpaired) electrons. The summed E-state index contributed by atoms with van der Waals surface area (Å²) in [6.07, 6.45) is 3.51. The first kappa shape index (κ1) is 13.1. The summed E-state index contributed by atoms with van der Waals surface area (Å²) in [5, 5.41) is 7.57. The summed E-state index contributed by atoms with van der Waals surface area (Å²) >= 11 is 0. The first-order chi connectivity index (χ1) is 8.39. The molecular weight excluding hydrogens is 228 g/mol. The lowest BCUT2D eigenvalue weighted by Gasteiger charge is -2.33. The van der Waals surface area contributed by atoms with E-state index in [1.54, 1.807) is 6.20 Å². The third-order valence-corrected chi connectivity index (χ3v) is 3.28. The van der Waals surface area contributed by atoms with Gasteiger partial charge >= 0.3 is 0 Å². The highest BCUT2D eigenvalue weighted by Crippen LogP contribution is 2.15. The lowest BCUT2D eigenvalue weighted by Crippen LogP contribution is -2.52. The minimum absolute atomic E-state index is 0.0829. The Kier molecular flexibility index (Phi) is 3.43. The maximum Gasteiger partial charge on any atom is 0.257 e. The van der Waals surface area contributed by atoms with Crippen LogP contribution in [-0.2, 0) is 5.54 Å². The second kappa shape index (κ2) is 4.72. The molecule has 2 rings (SSSR count). The summed E-state index contributed by atoms with van der Waals surface area (Å²) in [6.45, 7) is 10.8. The van der Waals surface area contributed by atoms with Crippen molar-refractivity contribution >= 4 is 5.91 Å². The second-order valence-corrected chi connectivity index (χ2v) is 5.90. The van der Waals surface area contributed by atoms with Crippen LogP contribution in [0.4, 0.5) is 0 Å². The van der Waals surface area contributed by atoms with Crippen LogP contribution in [0.25, 0.3) is 0 Å². The van der Waals surface area contributed by atoms with Crippen LogP contribution < -0.4 is 5.32 Å². The molecule has 0 bridgehead atoms. The number of carbonyl (C=O) groups is 1. The number of aromatic nitrogens is 2. The van der Waals surface area contributed by atoms with Crippen molar-refractivity contribution in [2.45, 2.75) is 39.3 Å². The highest BCUT2D eigenvalue weighted by atomic mass is 16.2. The third-order valence-electron chi connectivity index (χ3n) is 3.28. The molecule has 0 unspecified atom stereocenters. The number of hydrogen-bond donors (Lipinski definition) is 1. The van der Waals surface area contributed by atoms with Crippen LogP contribution in [0, 0.1) is 0 Å². The largest absolute Gasteiger partial charge is 0.333 e. The van der Waals surface area contributed by atoms with Crippen molar-refractivity contribution in [3.63, 3.8) is 0 Å². The van der Waals surface area contributed by atoms with Gasteiger partial charge in [-0.1, -0.05) is 0 Å². The van der Waals surface area contributed by atoms with Gasteiger partial charge in [0.25, 0.3) is 5.91 Å². The topological polar surface area (TPSA) is 50.2 Å². The van der Waals surface area contributed by atoms with Gasteiger partial charge in [-0.15, -0.1) is 0 Å². The maximum absolute atomic E-state index is 12.4. The number of hydrogen-bond acceptors (Lipinski definition) is 3. The van der Waals surface area contributed by atoms with Gasteiger partial charge in [-0.2, -0.15) is 5.10 Å². The first-order valence-corrected chi connectivity index (χ1v) is 6.46. The van der Waals surface area contributed by atoms with E-state index in [2.05, 4.69) is 38.1 Å². The molecule has 100 valence electrons. The van der Waals surface area contributed by atoms with E-state index >= 15 is 0 Å². The molecule has 0 aromatic carbocycles. The van der Waals surface area contributed by atoms with Gasteiger partial charge in [-0.05, 0) is 27.7 Å². The molecule has 1 aromatic heterocycles. The molecule has 1 aliphatic heterocycles. The number of amides is 1. The summed E-state index contributed by atoms with van der Waals surface area (Å²) in [5.41, 5.74) is 0.590. The molecule has 5 nitrogen and oxygen atoms in total. The van der Waals surface area contributed by atoms with Crippen molar-refractivity contribution in [2.75, 3.05) is 19.6 Å². The molecule has 1 aromatic rings. The van der Waals surface area contributed by atoms with Crippen molar-refractivity contribution in [1.29, 1.82) is 0 Å². The molecule has 0 aliphatic carbocycles. The summed E-state index contributed by atoms with van der Waals surface area (Å²) in [4.78, 5) is 14.3. The molecule has 1 aliphatic rings. The Labute approximate surface area is 108 Å². The Morgan fingerprint density at radius 2 is 2.22 bits per heavy atom. The molecule has 1 saturated heterocycles. The van der Waals surface area contributed by atoms with Crippen molar-refractivity contribution < 1.29 is 4.79 Å². The smallest absolute Gasteiger partial charge is 0.257 e. The Bertz CT molecular complexity index is 432. The highest BCUT2D eigenvalue weighted by Gasteiger charge is 2.25. The standard InChI is InChI=1S/C13H22N4O/c1-10-7-14-5-6-16(10)12(18)11-8-15-17(9-11)13(2,3)4/h8-10,14H,5-7H2,1-4H3/t10-/m1/s1. The number of rotatable bonds is 1. The predicted molar refractivity (Wildman–Crippen MR) is 70.6 cm³/mol. The van der Waals surface area contributed by atoms with E-state index in [1.165, 1.54) is 0 Å². The number of carbonyl (C=O) groups excluding carboxylic acids is 1. The molecule has 0 spiro atoms. The van der Waals surface area contributed by atoms with E-state index in [9.17, 15) is 4.79 Å².